The Kier molecular flexibility index (Phi) is 5.71. The Bertz CT molecular complexity index is 646. The van der Waals surface area contributed by atoms with Crippen LogP contribution in [0.1, 0.15) is 32.8 Å². The fraction of sp³-hybridized carbons (Fsp3) is 0.467. The van der Waals surface area contributed by atoms with Gasteiger partial charge in [-0.2, -0.15) is 0 Å². The zero-order chi connectivity index (χ0) is 17.0. The number of hydrogen-bond acceptors (Lipinski definition) is 3. The molecule has 0 spiro atoms. The first-order chi connectivity index (χ1) is 9.98. The van der Waals surface area contributed by atoms with Crippen LogP contribution in [-0.4, -0.2) is 37.6 Å². The highest BCUT2D eigenvalue weighted by Crippen LogP contribution is 2.21. The summed E-state index contributed by atoms with van der Waals surface area (Å²) in [4.78, 5) is 11.4. The van der Waals surface area contributed by atoms with Gasteiger partial charge in [0.25, 0.3) is 10.0 Å². The van der Waals surface area contributed by atoms with E-state index in [2.05, 4.69) is 9.71 Å². The maximum Gasteiger partial charge on any atom is 0.326 e. The number of nitrogens with one attached hydrogen (secondary N) is 1. The van der Waals surface area contributed by atoms with E-state index < -0.39 is 22.0 Å². The van der Waals surface area contributed by atoms with Crippen LogP contribution in [0.15, 0.2) is 34.7 Å². The van der Waals surface area contributed by atoms with Gasteiger partial charge in [-0.25, -0.2) is 13.2 Å². The standard InChI is InChI=1S/C15H22N2O4S/c1-15(2,3)10-12(14(18)19)16-13(17-22(4,20)21)11-8-6-5-7-9-11/h5-9,12H,10H2,1-4H3,(H,16,17)(H,18,19). The Balaban J connectivity index is 3.18. The second kappa shape index (κ2) is 6.91. The van der Waals surface area contributed by atoms with Gasteiger partial charge in [-0.1, -0.05) is 51.1 Å². The van der Waals surface area contributed by atoms with Gasteiger partial charge in [-0.15, -0.1) is 4.40 Å². The Labute approximate surface area is 131 Å². The van der Waals surface area contributed by atoms with Crippen LogP contribution in [0.5, 0.6) is 0 Å². The molecular weight excluding hydrogens is 304 g/mol. The van der Waals surface area contributed by atoms with Gasteiger partial charge in [-0.05, 0) is 11.8 Å². The Morgan fingerprint density at radius 2 is 1.82 bits per heavy atom. The van der Waals surface area contributed by atoms with E-state index in [0.717, 1.165) is 6.26 Å². The fourth-order valence-electron chi connectivity index (χ4n) is 1.90. The van der Waals surface area contributed by atoms with Crippen LogP contribution < -0.4 is 5.32 Å². The van der Waals surface area contributed by atoms with Crippen molar-refractivity contribution < 1.29 is 18.3 Å². The molecule has 0 amide bonds. The zero-order valence-corrected chi connectivity index (χ0v) is 14.0. The van der Waals surface area contributed by atoms with E-state index in [4.69, 9.17) is 0 Å². The third-order valence-electron chi connectivity index (χ3n) is 2.73. The monoisotopic (exact) mass is 326 g/mol. The molecule has 1 rings (SSSR count). The van der Waals surface area contributed by atoms with E-state index in [-0.39, 0.29) is 11.3 Å². The summed E-state index contributed by atoms with van der Waals surface area (Å²) < 4.78 is 26.6. The molecule has 0 fully saturated rings. The van der Waals surface area contributed by atoms with Crippen molar-refractivity contribution in [3.8, 4) is 0 Å². The van der Waals surface area contributed by atoms with Gasteiger partial charge in [0, 0.05) is 5.56 Å². The summed E-state index contributed by atoms with van der Waals surface area (Å²) in [5, 5.41) is 12.1. The summed E-state index contributed by atoms with van der Waals surface area (Å²) in [6, 6.07) is 7.66. The first kappa shape index (κ1) is 18.2. The van der Waals surface area contributed by atoms with Crippen molar-refractivity contribution in [1.29, 1.82) is 0 Å². The first-order valence-corrected chi connectivity index (χ1v) is 8.67. The van der Waals surface area contributed by atoms with E-state index >= 15 is 0 Å². The van der Waals surface area contributed by atoms with Crippen molar-refractivity contribution >= 4 is 21.8 Å². The van der Waals surface area contributed by atoms with E-state index in [1.165, 1.54) is 0 Å². The maximum absolute atomic E-state index is 11.5. The highest BCUT2D eigenvalue weighted by Gasteiger charge is 2.26. The van der Waals surface area contributed by atoms with Crippen LogP contribution >= 0.6 is 0 Å². The number of sulfonamides is 1. The van der Waals surface area contributed by atoms with E-state index in [0.29, 0.717) is 12.0 Å². The highest BCUT2D eigenvalue weighted by atomic mass is 32.2. The third kappa shape index (κ3) is 6.71. The fourth-order valence-corrected chi connectivity index (χ4v) is 2.39. The summed E-state index contributed by atoms with van der Waals surface area (Å²) in [5.41, 5.74) is 0.288. The number of aliphatic carboxylic acids is 1. The van der Waals surface area contributed by atoms with Crippen molar-refractivity contribution in [2.45, 2.75) is 33.2 Å². The van der Waals surface area contributed by atoms with Gasteiger partial charge in [0.2, 0.25) is 0 Å². The molecule has 0 radical (unpaired) electrons. The predicted molar refractivity (Wildman–Crippen MR) is 86.5 cm³/mol. The molecule has 0 aromatic heterocycles. The first-order valence-electron chi connectivity index (χ1n) is 6.83. The lowest BCUT2D eigenvalue weighted by Gasteiger charge is -2.25. The minimum absolute atomic E-state index is 0.0414. The lowest BCUT2D eigenvalue weighted by Crippen LogP contribution is -2.43. The number of nitrogens with zero attached hydrogens (tertiary/aromatic N) is 1. The predicted octanol–water partition coefficient (Wildman–Crippen LogP) is 1.87. The highest BCUT2D eigenvalue weighted by molar-refractivity contribution is 7.89. The van der Waals surface area contributed by atoms with E-state index in [1.807, 2.05) is 20.8 Å². The van der Waals surface area contributed by atoms with Crippen molar-refractivity contribution in [3.05, 3.63) is 35.9 Å². The number of hydrogen-bond donors (Lipinski definition) is 2. The molecule has 122 valence electrons. The van der Waals surface area contributed by atoms with Crippen LogP contribution in [0.4, 0.5) is 0 Å². The number of carboxylic acids is 1. The lowest BCUT2D eigenvalue weighted by molar-refractivity contribution is -0.139. The van der Waals surface area contributed by atoms with Crippen LogP contribution in [0.25, 0.3) is 0 Å². The number of benzene rings is 1. The van der Waals surface area contributed by atoms with Gasteiger partial charge in [0.1, 0.15) is 11.9 Å². The summed E-state index contributed by atoms with van der Waals surface area (Å²) in [6.07, 6.45) is 1.30. The average molecular weight is 326 g/mol. The van der Waals surface area contributed by atoms with Crippen LogP contribution in [0, 0.1) is 5.41 Å². The SMILES string of the molecule is CC(C)(C)CC(N/C(=N/S(C)(=O)=O)c1ccccc1)C(=O)O. The summed E-state index contributed by atoms with van der Waals surface area (Å²) in [7, 11) is -3.65. The molecule has 0 saturated carbocycles. The quantitative estimate of drug-likeness (QED) is 0.636. The Morgan fingerprint density at radius 3 is 2.23 bits per heavy atom. The number of carbonyl (C=O) groups is 1. The molecular formula is C15H22N2O4S. The zero-order valence-electron chi connectivity index (χ0n) is 13.2. The molecule has 7 heteroatoms. The van der Waals surface area contributed by atoms with E-state index in [1.54, 1.807) is 30.3 Å². The van der Waals surface area contributed by atoms with Gasteiger partial charge < -0.3 is 10.4 Å². The maximum atomic E-state index is 11.5. The smallest absolute Gasteiger partial charge is 0.326 e. The van der Waals surface area contributed by atoms with Gasteiger partial charge >= 0.3 is 5.97 Å². The number of rotatable bonds is 5. The minimum Gasteiger partial charge on any atom is -0.480 e. The van der Waals surface area contributed by atoms with Crippen molar-refractivity contribution in [2.75, 3.05) is 6.26 Å². The van der Waals surface area contributed by atoms with Gasteiger partial charge in [-0.3, -0.25) is 0 Å². The van der Waals surface area contributed by atoms with Crippen molar-refractivity contribution in [2.24, 2.45) is 9.81 Å². The molecule has 1 aromatic carbocycles. The normalized spacial score (nSPS) is 14.5. The second-order valence-corrected chi connectivity index (χ2v) is 7.99. The number of carboxylic acid groups (broad SMARTS) is 1. The molecule has 22 heavy (non-hydrogen) atoms. The molecule has 0 heterocycles. The van der Waals surface area contributed by atoms with Crippen molar-refractivity contribution in [1.82, 2.24) is 5.32 Å². The molecule has 0 aliphatic rings. The van der Waals surface area contributed by atoms with Crippen LogP contribution in [-0.2, 0) is 14.8 Å². The molecule has 1 aromatic rings. The topological polar surface area (TPSA) is 95.8 Å². The second-order valence-electron chi connectivity index (χ2n) is 6.34. The molecule has 0 bridgehead atoms. The van der Waals surface area contributed by atoms with E-state index in [9.17, 15) is 18.3 Å². The van der Waals surface area contributed by atoms with Gasteiger partial charge in [0.15, 0.2) is 0 Å². The summed E-state index contributed by atoms with van der Waals surface area (Å²) >= 11 is 0. The molecule has 2 N–H and O–H groups in total. The minimum atomic E-state index is -3.65. The largest absolute Gasteiger partial charge is 0.480 e. The van der Waals surface area contributed by atoms with Crippen LogP contribution in [0.2, 0.25) is 0 Å². The van der Waals surface area contributed by atoms with Crippen molar-refractivity contribution in [3.63, 3.8) is 0 Å². The van der Waals surface area contributed by atoms with Crippen LogP contribution in [0.3, 0.4) is 0 Å². The number of amidine groups is 1. The molecule has 0 saturated heterocycles. The molecule has 0 aliphatic heterocycles. The summed E-state index contributed by atoms with van der Waals surface area (Å²) in [5.74, 6) is -1.01. The summed E-state index contributed by atoms with van der Waals surface area (Å²) in [6.45, 7) is 5.75. The molecule has 1 atom stereocenters. The Hall–Kier alpha value is -1.89. The third-order valence-corrected chi connectivity index (χ3v) is 3.24. The molecule has 1 unspecified atom stereocenters. The van der Waals surface area contributed by atoms with Gasteiger partial charge in [0.05, 0.1) is 6.26 Å². The Morgan fingerprint density at radius 1 is 1.27 bits per heavy atom. The molecule has 0 aliphatic carbocycles. The lowest BCUT2D eigenvalue weighted by atomic mass is 9.88. The molecule has 6 nitrogen and oxygen atoms in total. The average Bonchev–Trinajstić information content (AvgIpc) is 2.35.